The number of carbonyl (C=O) groups is 3. The Kier molecular flexibility index (Phi) is 9.70. The maximum atomic E-state index is 13.4. The molecule has 1 aromatic heterocycles. The van der Waals surface area contributed by atoms with Crippen LogP contribution in [0.25, 0.3) is 10.9 Å². The van der Waals surface area contributed by atoms with Crippen LogP contribution in [0, 0.1) is 5.92 Å². The van der Waals surface area contributed by atoms with Crippen LogP contribution in [-0.2, 0) is 32.0 Å². The minimum atomic E-state index is -0.595. The average Bonchev–Trinajstić information content (AvgIpc) is 3.33. The summed E-state index contributed by atoms with van der Waals surface area (Å²) < 4.78 is 5.47. The quantitative estimate of drug-likeness (QED) is 0.270. The molecule has 0 fully saturated rings. The van der Waals surface area contributed by atoms with Crippen molar-refractivity contribution >= 4 is 28.7 Å². The minimum Gasteiger partial charge on any atom is -0.463 e. The van der Waals surface area contributed by atoms with E-state index in [9.17, 15) is 19.5 Å². The molecule has 1 aliphatic heterocycles. The number of fused-ring (bicyclic) bond motifs is 1. The van der Waals surface area contributed by atoms with Crippen LogP contribution < -0.4 is 10.6 Å². The standard InChI is InChI=1S/C30H35N3O5/c34-19-24(15-21-9-3-1-4-10-21)32-28(35)17-22-11-5-2-6-14-29(36)38-20-25(33-30(22)37)16-23-18-31-27-13-8-7-12-26(23)27/h1-5,7-10,12-13,18,22,24-25,31,34H,6,11,14-17,19-20H2,(H,32,35)(H,33,37)/t22-,24-,25+/m1/s1. The van der Waals surface area contributed by atoms with Gasteiger partial charge in [-0.05, 0) is 42.9 Å². The number of aliphatic hydroxyl groups is 1. The van der Waals surface area contributed by atoms with Crippen molar-refractivity contribution in [2.24, 2.45) is 5.92 Å². The smallest absolute Gasteiger partial charge is 0.306 e. The summed E-state index contributed by atoms with van der Waals surface area (Å²) in [7, 11) is 0. The van der Waals surface area contributed by atoms with E-state index in [4.69, 9.17) is 4.74 Å². The minimum absolute atomic E-state index is 0.0128. The molecule has 0 aliphatic carbocycles. The Hall–Kier alpha value is -3.91. The Labute approximate surface area is 222 Å². The summed E-state index contributed by atoms with van der Waals surface area (Å²) in [5, 5.41) is 16.8. The molecule has 0 bridgehead atoms. The summed E-state index contributed by atoms with van der Waals surface area (Å²) in [5.41, 5.74) is 3.01. The molecule has 0 spiro atoms. The lowest BCUT2D eigenvalue weighted by atomic mass is 9.97. The fourth-order valence-corrected chi connectivity index (χ4v) is 4.74. The molecular formula is C30H35N3O5. The number of esters is 1. The van der Waals surface area contributed by atoms with Gasteiger partial charge in [0, 0.05) is 29.9 Å². The zero-order valence-corrected chi connectivity index (χ0v) is 21.4. The van der Waals surface area contributed by atoms with Gasteiger partial charge in [-0.1, -0.05) is 60.7 Å². The van der Waals surface area contributed by atoms with Crippen LogP contribution in [0.15, 0.2) is 72.9 Å². The number of allylic oxidation sites excluding steroid dienone is 2. The van der Waals surface area contributed by atoms with Crippen LogP contribution in [0.5, 0.6) is 0 Å². The van der Waals surface area contributed by atoms with Gasteiger partial charge < -0.3 is 25.5 Å². The molecule has 0 saturated carbocycles. The van der Waals surface area contributed by atoms with Gasteiger partial charge >= 0.3 is 5.97 Å². The SMILES string of the molecule is O=C(C[C@H]1CC=CCCC(=O)OC[C@H](Cc2c[nH]c3ccccc23)NC1=O)N[C@@H](CO)Cc1ccccc1. The van der Waals surface area contributed by atoms with Crippen molar-refractivity contribution in [3.8, 4) is 0 Å². The number of hydrogen-bond acceptors (Lipinski definition) is 5. The molecule has 4 rings (SSSR count). The highest BCUT2D eigenvalue weighted by molar-refractivity contribution is 5.87. The topological polar surface area (TPSA) is 121 Å². The summed E-state index contributed by atoms with van der Waals surface area (Å²) in [5.74, 6) is -1.46. The van der Waals surface area contributed by atoms with Crippen LogP contribution in [0.1, 0.15) is 36.8 Å². The Morgan fingerprint density at radius 1 is 1.08 bits per heavy atom. The predicted octanol–water partition coefficient (Wildman–Crippen LogP) is 3.20. The molecule has 1 aliphatic rings. The van der Waals surface area contributed by atoms with Crippen LogP contribution in [0.3, 0.4) is 0 Å². The van der Waals surface area contributed by atoms with E-state index >= 15 is 0 Å². The van der Waals surface area contributed by atoms with Crippen molar-refractivity contribution in [3.05, 3.63) is 84.1 Å². The van der Waals surface area contributed by atoms with Crippen LogP contribution in [0.2, 0.25) is 0 Å². The van der Waals surface area contributed by atoms with Gasteiger partial charge in [-0.15, -0.1) is 0 Å². The number of hydrogen-bond donors (Lipinski definition) is 4. The molecular weight excluding hydrogens is 482 g/mol. The lowest BCUT2D eigenvalue weighted by Gasteiger charge is -2.23. The van der Waals surface area contributed by atoms with Gasteiger partial charge in [0.1, 0.15) is 6.61 Å². The highest BCUT2D eigenvalue weighted by Crippen LogP contribution is 2.20. The maximum Gasteiger partial charge on any atom is 0.306 e. The molecule has 2 aromatic carbocycles. The molecule has 38 heavy (non-hydrogen) atoms. The average molecular weight is 518 g/mol. The summed E-state index contributed by atoms with van der Waals surface area (Å²) in [6.45, 7) is -0.147. The van der Waals surface area contributed by atoms with E-state index in [1.165, 1.54) is 0 Å². The molecule has 0 unspecified atom stereocenters. The lowest BCUT2D eigenvalue weighted by Crippen LogP contribution is -2.45. The normalized spacial score (nSPS) is 19.6. The second-order valence-electron chi connectivity index (χ2n) is 9.74. The van der Waals surface area contributed by atoms with Gasteiger partial charge in [-0.25, -0.2) is 0 Å². The number of cyclic esters (lactones) is 1. The van der Waals surface area contributed by atoms with Crippen molar-refractivity contribution in [3.63, 3.8) is 0 Å². The molecule has 0 radical (unpaired) electrons. The number of H-pyrrole nitrogens is 1. The van der Waals surface area contributed by atoms with Gasteiger partial charge in [-0.3, -0.25) is 14.4 Å². The number of aromatic amines is 1. The van der Waals surface area contributed by atoms with Crippen molar-refractivity contribution in [2.45, 2.75) is 50.6 Å². The fraction of sp³-hybridized carbons (Fsp3) is 0.367. The number of carbonyl (C=O) groups excluding carboxylic acids is 3. The van der Waals surface area contributed by atoms with E-state index in [2.05, 4.69) is 15.6 Å². The number of ether oxygens (including phenoxy) is 1. The molecule has 3 aromatic rings. The Morgan fingerprint density at radius 3 is 2.68 bits per heavy atom. The first kappa shape index (κ1) is 27.1. The summed E-state index contributed by atoms with van der Waals surface area (Å²) >= 11 is 0. The van der Waals surface area contributed by atoms with E-state index in [1.54, 1.807) is 0 Å². The highest BCUT2D eigenvalue weighted by atomic mass is 16.5. The number of amides is 2. The number of rotatable bonds is 8. The first-order valence-electron chi connectivity index (χ1n) is 13.1. The number of nitrogens with one attached hydrogen (secondary N) is 3. The molecule has 3 atom stereocenters. The molecule has 4 N–H and O–H groups in total. The van der Waals surface area contributed by atoms with E-state index in [0.717, 1.165) is 22.0 Å². The van der Waals surface area contributed by atoms with E-state index in [-0.39, 0.29) is 43.8 Å². The number of para-hydroxylation sites is 1. The molecule has 200 valence electrons. The fourth-order valence-electron chi connectivity index (χ4n) is 4.74. The van der Waals surface area contributed by atoms with Crippen molar-refractivity contribution < 1.29 is 24.2 Å². The van der Waals surface area contributed by atoms with Crippen molar-refractivity contribution in [2.75, 3.05) is 13.2 Å². The molecule has 0 saturated heterocycles. The third-order valence-corrected chi connectivity index (χ3v) is 6.75. The summed E-state index contributed by atoms with van der Waals surface area (Å²) in [6.07, 6.45) is 7.69. The first-order chi connectivity index (χ1) is 18.5. The van der Waals surface area contributed by atoms with Crippen LogP contribution in [-0.4, -0.2) is 53.2 Å². The van der Waals surface area contributed by atoms with Gasteiger partial charge in [0.2, 0.25) is 11.8 Å². The van der Waals surface area contributed by atoms with Crippen LogP contribution >= 0.6 is 0 Å². The zero-order chi connectivity index (χ0) is 26.7. The number of benzene rings is 2. The maximum absolute atomic E-state index is 13.4. The molecule has 8 nitrogen and oxygen atoms in total. The zero-order valence-electron chi connectivity index (χ0n) is 21.4. The second kappa shape index (κ2) is 13.6. The van der Waals surface area contributed by atoms with Gasteiger partial charge in [0.05, 0.1) is 24.6 Å². The Bertz CT molecular complexity index is 1250. The third-order valence-electron chi connectivity index (χ3n) is 6.75. The highest BCUT2D eigenvalue weighted by Gasteiger charge is 2.26. The number of aromatic nitrogens is 1. The Balaban J connectivity index is 1.44. The van der Waals surface area contributed by atoms with Crippen molar-refractivity contribution in [1.82, 2.24) is 15.6 Å². The van der Waals surface area contributed by atoms with Gasteiger partial charge in [0.15, 0.2) is 0 Å². The Morgan fingerprint density at radius 2 is 1.87 bits per heavy atom. The third kappa shape index (κ3) is 7.79. The largest absolute Gasteiger partial charge is 0.463 e. The van der Waals surface area contributed by atoms with E-state index in [0.29, 0.717) is 25.7 Å². The van der Waals surface area contributed by atoms with Crippen LogP contribution in [0.4, 0.5) is 0 Å². The van der Waals surface area contributed by atoms with Crippen molar-refractivity contribution in [1.29, 1.82) is 0 Å². The van der Waals surface area contributed by atoms with Gasteiger partial charge in [0.25, 0.3) is 0 Å². The molecule has 8 heteroatoms. The molecule has 2 amide bonds. The number of aliphatic hydroxyl groups excluding tert-OH is 1. The van der Waals surface area contributed by atoms with E-state index < -0.39 is 18.0 Å². The predicted molar refractivity (Wildman–Crippen MR) is 145 cm³/mol. The van der Waals surface area contributed by atoms with E-state index in [1.807, 2.05) is 72.9 Å². The second-order valence-corrected chi connectivity index (χ2v) is 9.74. The lowest BCUT2D eigenvalue weighted by molar-refractivity contribution is -0.145. The summed E-state index contributed by atoms with van der Waals surface area (Å²) in [6, 6.07) is 16.6. The first-order valence-corrected chi connectivity index (χ1v) is 13.1. The van der Waals surface area contributed by atoms with Gasteiger partial charge in [-0.2, -0.15) is 0 Å². The molecule has 2 heterocycles. The monoisotopic (exact) mass is 517 g/mol. The summed E-state index contributed by atoms with van der Waals surface area (Å²) in [4.78, 5) is 41.7.